The Hall–Kier alpha value is -3.01. The van der Waals surface area contributed by atoms with Crippen LogP contribution in [-0.4, -0.2) is 73.4 Å². The number of amides is 2. The molecule has 2 fully saturated rings. The molecule has 1 N–H and O–H groups in total. The number of benzene rings is 1. The Balaban J connectivity index is 1.35. The number of nitrogens with one attached hydrogen (secondary N) is 1. The maximum Gasteiger partial charge on any atom is 0.321 e. The molecule has 2 aliphatic rings. The second kappa shape index (κ2) is 8.56. The van der Waals surface area contributed by atoms with Crippen LogP contribution in [0.5, 0.6) is 0 Å². The largest absolute Gasteiger partial charge is 0.378 e. The third kappa shape index (κ3) is 4.70. The summed E-state index contributed by atoms with van der Waals surface area (Å²) in [5, 5.41) is 2.54. The van der Waals surface area contributed by atoms with E-state index < -0.39 is 11.6 Å². The Kier molecular flexibility index (Phi) is 5.70. The fourth-order valence-electron chi connectivity index (χ4n) is 3.40. The van der Waals surface area contributed by atoms with Gasteiger partial charge in [0.25, 0.3) is 0 Å². The Morgan fingerprint density at radius 2 is 1.66 bits per heavy atom. The van der Waals surface area contributed by atoms with Crippen LogP contribution in [0.15, 0.2) is 30.5 Å². The Morgan fingerprint density at radius 3 is 2.34 bits per heavy atom. The summed E-state index contributed by atoms with van der Waals surface area (Å²) >= 11 is 0. The van der Waals surface area contributed by atoms with Crippen molar-refractivity contribution in [1.29, 1.82) is 0 Å². The summed E-state index contributed by atoms with van der Waals surface area (Å²) in [6.45, 7) is 5.00. The van der Waals surface area contributed by atoms with Crippen molar-refractivity contribution in [3.05, 3.63) is 42.1 Å². The number of rotatable bonds is 3. The lowest BCUT2D eigenvalue weighted by molar-refractivity contribution is 0.122. The number of hydrogen-bond acceptors (Lipinski definition) is 6. The van der Waals surface area contributed by atoms with Gasteiger partial charge in [0.05, 0.1) is 13.2 Å². The van der Waals surface area contributed by atoms with Crippen molar-refractivity contribution in [2.75, 3.05) is 67.6 Å². The molecule has 10 heteroatoms. The number of piperazine rings is 1. The fourth-order valence-corrected chi connectivity index (χ4v) is 3.40. The molecule has 8 nitrogen and oxygen atoms in total. The number of carbonyl (C=O) groups is 1. The van der Waals surface area contributed by atoms with Crippen LogP contribution in [0, 0.1) is 11.6 Å². The summed E-state index contributed by atoms with van der Waals surface area (Å²) in [5.74, 6) is 0.0303. The van der Waals surface area contributed by atoms with E-state index in [9.17, 15) is 13.6 Å². The third-order valence-corrected chi connectivity index (χ3v) is 4.93. The highest BCUT2D eigenvalue weighted by Gasteiger charge is 2.23. The van der Waals surface area contributed by atoms with Gasteiger partial charge in [0.15, 0.2) is 0 Å². The average molecular weight is 404 g/mol. The van der Waals surface area contributed by atoms with Gasteiger partial charge in [-0.1, -0.05) is 0 Å². The highest BCUT2D eigenvalue weighted by Crippen LogP contribution is 2.19. The van der Waals surface area contributed by atoms with Gasteiger partial charge in [0, 0.05) is 57.2 Å². The number of aromatic nitrogens is 2. The highest BCUT2D eigenvalue weighted by atomic mass is 19.1. The molecule has 2 amide bonds. The van der Waals surface area contributed by atoms with E-state index in [4.69, 9.17) is 4.74 Å². The highest BCUT2D eigenvalue weighted by molar-refractivity contribution is 5.89. The van der Waals surface area contributed by atoms with Gasteiger partial charge in [-0.25, -0.2) is 18.6 Å². The van der Waals surface area contributed by atoms with Gasteiger partial charge in [-0.15, -0.1) is 0 Å². The number of ether oxygens (including phenoxy) is 1. The standard InChI is InChI=1S/C19H22F2N6O2/c20-14-11-15(21)13-16(12-14)23-19(28)27-5-3-25(4-6-27)17-1-2-22-18(24-17)26-7-9-29-10-8-26/h1-2,11-13H,3-10H2,(H,23,28). The third-order valence-electron chi connectivity index (χ3n) is 4.93. The number of carbonyl (C=O) groups excluding carboxylic acids is 1. The molecular weight excluding hydrogens is 382 g/mol. The van der Waals surface area contributed by atoms with Crippen molar-refractivity contribution in [3.63, 3.8) is 0 Å². The van der Waals surface area contributed by atoms with Crippen molar-refractivity contribution in [2.24, 2.45) is 0 Å². The fraction of sp³-hybridized carbons (Fsp3) is 0.421. The van der Waals surface area contributed by atoms with Crippen molar-refractivity contribution in [3.8, 4) is 0 Å². The lowest BCUT2D eigenvalue weighted by atomic mass is 10.3. The zero-order valence-corrected chi connectivity index (χ0v) is 15.9. The van der Waals surface area contributed by atoms with Gasteiger partial charge in [-0.05, 0) is 18.2 Å². The van der Waals surface area contributed by atoms with Gasteiger partial charge in [0.2, 0.25) is 5.95 Å². The van der Waals surface area contributed by atoms with E-state index in [1.807, 2.05) is 6.07 Å². The van der Waals surface area contributed by atoms with E-state index in [0.717, 1.165) is 37.1 Å². The molecule has 2 saturated heterocycles. The molecular formula is C19H22F2N6O2. The van der Waals surface area contributed by atoms with E-state index in [0.29, 0.717) is 45.3 Å². The van der Waals surface area contributed by atoms with Gasteiger partial charge in [-0.2, -0.15) is 4.98 Å². The molecule has 2 aromatic rings. The minimum atomic E-state index is -0.732. The van der Waals surface area contributed by atoms with Crippen LogP contribution >= 0.6 is 0 Å². The van der Waals surface area contributed by atoms with Gasteiger partial charge < -0.3 is 24.8 Å². The summed E-state index contributed by atoms with van der Waals surface area (Å²) < 4.78 is 32.0. The van der Waals surface area contributed by atoms with E-state index >= 15 is 0 Å². The first-order chi connectivity index (χ1) is 14.1. The number of urea groups is 1. The van der Waals surface area contributed by atoms with Gasteiger partial charge in [-0.3, -0.25) is 0 Å². The zero-order valence-electron chi connectivity index (χ0n) is 15.9. The predicted octanol–water partition coefficient (Wildman–Crippen LogP) is 1.95. The maximum absolute atomic E-state index is 13.3. The number of nitrogens with zero attached hydrogens (tertiary/aromatic N) is 5. The average Bonchev–Trinajstić information content (AvgIpc) is 2.74. The lowest BCUT2D eigenvalue weighted by Gasteiger charge is -2.35. The van der Waals surface area contributed by atoms with Crippen molar-refractivity contribution in [2.45, 2.75) is 0 Å². The lowest BCUT2D eigenvalue weighted by Crippen LogP contribution is -2.50. The van der Waals surface area contributed by atoms with E-state index in [1.54, 1.807) is 11.1 Å². The molecule has 0 radical (unpaired) electrons. The normalized spacial score (nSPS) is 17.4. The van der Waals surface area contributed by atoms with Crippen molar-refractivity contribution < 1.29 is 18.3 Å². The van der Waals surface area contributed by atoms with Crippen LogP contribution in [0.4, 0.5) is 31.0 Å². The molecule has 1 aromatic heterocycles. The molecule has 4 rings (SSSR count). The molecule has 154 valence electrons. The molecule has 2 aliphatic heterocycles. The molecule has 3 heterocycles. The molecule has 0 atom stereocenters. The van der Waals surface area contributed by atoms with Crippen LogP contribution < -0.4 is 15.1 Å². The first-order valence-corrected chi connectivity index (χ1v) is 9.51. The summed E-state index contributed by atoms with van der Waals surface area (Å²) in [6.07, 6.45) is 1.74. The summed E-state index contributed by atoms with van der Waals surface area (Å²) in [6, 6.07) is 4.42. The second-order valence-electron chi connectivity index (χ2n) is 6.88. The van der Waals surface area contributed by atoms with Gasteiger partial charge >= 0.3 is 6.03 Å². The molecule has 29 heavy (non-hydrogen) atoms. The molecule has 0 spiro atoms. The Labute approximate surface area is 167 Å². The van der Waals surface area contributed by atoms with E-state index in [2.05, 4.69) is 25.1 Å². The first kappa shape index (κ1) is 19.3. The first-order valence-electron chi connectivity index (χ1n) is 9.51. The van der Waals surface area contributed by atoms with Crippen LogP contribution in [0.1, 0.15) is 0 Å². The van der Waals surface area contributed by atoms with E-state index in [-0.39, 0.29) is 11.7 Å². The summed E-state index contributed by atoms with van der Waals surface area (Å²) in [4.78, 5) is 27.2. The molecule has 0 unspecified atom stereocenters. The molecule has 0 saturated carbocycles. The van der Waals surface area contributed by atoms with Crippen LogP contribution in [0.25, 0.3) is 0 Å². The second-order valence-corrected chi connectivity index (χ2v) is 6.88. The van der Waals surface area contributed by atoms with Crippen LogP contribution in [0.2, 0.25) is 0 Å². The number of halogens is 2. The minimum Gasteiger partial charge on any atom is -0.378 e. The number of hydrogen-bond donors (Lipinski definition) is 1. The Bertz CT molecular complexity index is 849. The van der Waals surface area contributed by atoms with Crippen molar-refractivity contribution >= 4 is 23.5 Å². The minimum absolute atomic E-state index is 0.0980. The van der Waals surface area contributed by atoms with E-state index in [1.165, 1.54) is 0 Å². The molecule has 0 bridgehead atoms. The van der Waals surface area contributed by atoms with Gasteiger partial charge in [0.1, 0.15) is 17.5 Å². The van der Waals surface area contributed by atoms with Crippen molar-refractivity contribution in [1.82, 2.24) is 14.9 Å². The monoisotopic (exact) mass is 404 g/mol. The number of anilines is 3. The summed E-state index contributed by atoms with van der Waals surface area (Å²) in [5.41, 5.74) is 0.0980. The van der Waals surface area contributed by atoms with Crippen LogP contribution in [0.3, 0.4) is 0 Å². The SMILES string of the molecule is O=C(Nc1cc(F)cc(F)c1)N1CCN(c2ccnc(N3CCOCC3)n2)CC1. The summed E-state index contributed by atoms with van der Waals surface area (Å²) in [7, 11) is 0. The Morgan fingerprint density at radius 1 is 0.966 bits per heavy atom. The van der Waals surface area contributed by atoms with Crippen LogP contribution in [-0.2, 0) is 4.74 Å². The smallest absolute Gasteiger partial charge is 0.321 e. The maximum atomic E-state index is 13.3. The number of morpholine rings is 1. The topological polar surface area (TPSA) is 73.8 Å². The zero-order chi connectivity index (χ0) is 20.2. The predicted molar refractivity (Wildman–Crippen MR) is 104 cm³/mol. The molecule has 1 aromatic carbocycles. The quantitative estimate of drug-likeness (QED) is 0.843. The molecule has 0 aliphatic carbocycles.